The summed E-state index contributed by atoms with van der Waals surface area (Å²) in [4.78, 5) is 0. The minimum atomic E-state index is 0. The van der Waals surface area contributed by atoms with Gasteiger partial charge >= 0.3 is 11.7 Å². The summed E-state index contributed by atoms with van der Waals surface area (Å²) in [6, 6.07) is 0. The SMILES string of the molecule is CC[S+]=O.[I-]. The summed E-state index contributed by atoms with van der Waals surface area (Å²) in [7, 11) is 0. The van der Waals surface area contributed by atoms with E-state index in [9.17, 15) is 4.21 Å². The maximum absolute atomic E-state index is 9.22. The van der Waals surface area contributed by atoms with Crippen molar-refractivity contribution in [1.29, 1.82) is 0 Å². The molecule has 0 amide bonds. The van der Waals surface area contributed by atoms with Gasteiger partial charge in [-0.25, -0.2) is 0 Å². The van der Waals surface area contributed by atoms with Crippen LogP contribution in [0, 0.1) is 0 Å². The Morgan fingerprint density at radius 3 is 2.00 bits per heavy atom. The molecular formula is C2H5IOS. The number of hydrogen-bond donors (Lipinski definition) is 0. The van der Waals surface area contributed by atoms with Gasteiger partial charge in [0.05, 0.1) is 0 Å². The molecule has 0 aliphatic carbocycles. The fourth-order valence-corrected chi connectivity index (χ4v) is 0. The van der Waals surface area contributed by atoms with Crippen LogP contribution in [0.1, 0.15) is 6.92 Å². The normalized spacial score (nSPS) is 5.00. The molecule has 0 atom stereocenters. The second-order valence-corrected chi connectivity index (χ2v) is 1.22. The third-order valence-electron chi connectivity index (χ3n) is 0.118. The van der Waals surface area contributed by atoms with Gasteiger partial charge in [-0.05, 0) is 6.92 Å². The first-order valence-corrected chi connectivity index (χ1v) is 2.07. The lowest BCUT2D eigenvalue weighted by Crippen LogP contribution is -3.00. The van der Waals surface area contributed by atoms with Crippen molar-refractivity contribution in [1.82, 2.24) is 0 Å². The molecule has 0 radical (unpaired) electrons. The minimum absolute atomic E-state index is 0. The second-order valence-electron chi connectivity index (χ2n) is 0.407. The van der Waals surface area contributed by atoms with Gasteiger partial charge in [0.2, 0.25) is 5.75 Å². The third kappa shape index (κ3) is 11.7. The Balaban J connectivity index is 0. The highest BCUT2D eigenvalue weighted by Crippen LogP contribution is 1.45. The van der Waals surface area contributed by atoms with Crippen LogP contribution in [-0.2, 0) is 15.9 Å². The van der Waals surface area contributed by atoms with Crippen LogP contribution >= 0.6 is 0 Å². The first-order chi connectivity index (χ1) is 1.91. The maximum Gasteiger partial charge on any atom is 0.458 e. The van der Waals surface area contributed by atoms with Gasteiger partial charge in [0.15, 0.2) is 0 Å². The highest BCUT2D eigenvalue weighted by Gasteiger charge is 1.77. The second kappa shape index (κ2) is 8.83. The predicted octanol–water partition coefficient (Wildman–Crippen LogP) is -2.56. The zero-order valence-corrected chi connectivity index (χ0v) is 5.88. The largest absolute Gasteiger partial charge is 1.00 e. The lowest BCUT2D eigenvalue weighted by molar-refractivity contribution is -0.00000202. The van der Waals surface area contributed by atoms with E-state index in [-0.39, 0.29) is 24.0 Å². The molecule has 32 valence electrons. The van der Waals surface area contributed by atoms with E-state index >= 15 is 0 Å². The Morgan fingerprint density at radius 1 is 1.80 bits per heavy atom. The Morgan fingerprint density at radius 2 is 2.00 bits per heavy atom. The van der Waals surface area contributed by atoms with Gasteiger partial charge in [0, 0.05) is 4.21 Å². The van der Waals surface area contributed by atoms with Crippen LogP contribution in [-0.4, -0.2) is 5.75 Å². The van der Waals surface area contributed by atoms with Crippen molar-refractivity contribution in [2.24, 2.45) is 0 Å². The molecule has 0 bridgehead atoms. The van der Waals surface area contributed by atoms with Gasteiger partial charge in [0.25, 0.3) is 0 Å². The van der Waals surface area contributed by atoms with E-state index in [4.69, 9.17) is 0 Å². The molecular weight excluding hydrogens is 199 g/mol. The quantitative estimate of drug-likeness (QED) is 0.339. The lowest BCUT2D eigenvalue weighted by atomic mass is 11.0. The molecule has 5 heavy (non-hydrogen) atoms. The summed E-state index contributed by atoms with van der Waals surface area (Å²) in [5, 5.41) is 0. The summed E-state index contributed by atoms with van der Waals surface area (Å²) < 4.78 is 9.22. The zero-order valence-electron chi connectivity index (χ0n) is 2.90. The van der Waals surface area contributed by atoms with Crippen molar-refractivity contribution in [2.75, 3.05) is 5.75 Å². The van der Waals surface area contributed by atoms with Gasteiger partial charge in [-0.1, -0.05) is 0 Å². The Labute approximate surface area is 52.7 Å². The summed E-state index contributed by atoms with van der Waals surface area (Å²) >= 11 is 0.606. The standard InChI is InChI=1S/C2H5OS.HI/c1-2-4-3;/h2H2,1H3;1H/q+1;/p-1. The average molecular weight is 204 g/mol. The van der Waals surface area contributed by atoms with Crippen molar-refractivity contribution in [3.8, 4) is 0 Å². The monoisotopic (exact) mass is 204 g/mol. The first kappa shape index (κ1) is 9.23. The molecule has 0 saturated carbocycles. The molecule has 0 aromatic carbocycles. The third-order valence-corrected chi connectivity index (χ3v) is 0.354. The van der Waals surface area contributed by atoms with Gasteiger partial charge in [0.1, 0.15) is 0 Å². The van der Waals surface area contributed by atoms with Gasteiger partial charge in [-0.15, -0.1) is 0 Å². The first-order valence-electron chi connectivity index (χ1n) is 1.16. The highest BCUT2D eigenvalue weighted by atomic mass is 127. The summed E-state index contributed by atoms with van der Waals surface area (Å²) in [5.74, 6) is 0.681. The Bertz CT molecular complexity index is 23.6. The van der Waals surface area contributed by atoms with E-state index in [0.29, 0.717) is 17.4 Å². The van der Waals surface area contributed by atoms with E-state index < -0.39 is 0 Å². The highest BCUT2D eigenvalue weighted by molar-refractivity contribution is 7.65. The van der Waals surface area contributed by atoms with Crippen LogP contribution in [0.25, 0.3) is 0 Å². The van der Waals surface area contributed by atoms with E-state index in [1.165, 1.54) is 0 Å². The van der Waals surface area contributed by atoms with Crippen molar-refractivity contribution < 1.29 is 28.2 Å². The van der Waals surface area contributed by atoms with Crippen molar-refractivity contribution in [2.45, 2.75) is 6.92 Å². The zero-order chi connectivity index (χ0) is 3.41. The average Bonchev–Trinajstić information content (AvgIpc) is 1.37. The molecule has 0 spiro atoms. The molecule has 0 heterocycles. The number of halogens is 1. The molecule has 0 aliphatic heterocycles. The molecule has 0 aromatic heterocycles. The molecule has 0 rings (SSSR count). The molecule has 3 heteroatoms. The van der Waals surface area contributed by atoms with E-state index in [0.717, 1.165) is 0 Å². The van der Waals surface area contributed by atoms with Crippen molar-refractivity contribution >= 4 is 11.7 Å². The maximum atomic E-state index is 9.22. The fraction of sp³-hybridized carbons (Fsp3) is 1.00. The van der Waals surface area contributed by atoms with E-state index in [1.54, 1.807) is 0 Å². The Hall–Kier alpha value is 0.750. The molecule has 0 fully saturated rings. The fourth-order valence-electron chi connectivity index (χ4n) is 0. The summed E-state index contributed by atoms with van der Waals surface area (Å²) in [6.45, 7) is 1.83. The molecule has 0 saturated heterocycles. The smallest absolute Gasteiger partial charge is 0.458 e. The summed E-state index contributed by atoms with van der Waals surface area (Å²) in [6.07, 6.45) is 0. The van der Waals surface area contributed by atoms with Crippen molar-refractivity contribution in [3.63, 3.8) is 0 Å². The molecule has 0 N–H and O–H groups in total. The van der Waals surface area contributed by atoms with Crippen molar-refractivity contribution in [3.05, 3.63) is 0 Å². The van der Waals surface area contributed by atoms with Gasteiger partial charge in [-0.3, -0.25) is 0 Å². The van der Waals surface area contributed by atoms with Crippen LogP contribution < -0.4 is 24.0 Å². The van der Waals surface area contributed by atoms with Gasteiger partial charge < -0.3 is 24.0 Å². The van der Waals surface area contributed by atoms with E-state index in [1.807, 2.05) is 6.92 Å². The molecule has 1 nitrogen and oxygen atoms in total. The number of rotatable bonds is 1. The van der Waals surface area contributed by atoms with Gasteiger partial charge in [-0.2, -0.15) is 0 Å². The topological polar surface area (TPSA) is 17.1 Å². The molecule has 0 unspecified atom stereocenters. The van der Waals surface area contributed by atoms with Crippen LogP contribution in [0.3, 0.4) is 0 Å². The van der Waals surface area contributed by atoms with Crippen LogP contribution in [0.2, 0.25) is 0 Å². The lowest BCUT2D eigenvalue weighted by Gasteiger charge is -1.29. The Kier molecular flexibility index (Phi) is 16.3. The molecule has 0 aliphatic rings. The van der Waals surface area contributed by atoms with Crippen LogP contribution in [0.15, 0.2) is 0 Å². The summed E-state index contributed by atoms with van der Waals surface area (Å²) in [5.41, 5.74) is 0. The van der Waals surface area contributed by atoms with E-state index in [2.05, 4.69) is 0 Å². The number of hydrogen-bond acceptors (Lipinski definition) is 1. The van der Waals surface area contributed by atoms with Crippen LogP contribution in [0.4, 0.5) is 0 Å². The molecule has 0 aromatic rings. The predicted molar refractivity (Wildman–Crippen MR) is 18.6 cm³/mol. The van der Waals surface area contributed by atoms with Crippen LogP contribution in [0.5, 0.6) is 0 Å². The minimum Gasteiger partial charge on any atom is -1.00 e.